The summed E-state index contributed by atoms with van der Waals surface area (Å²) in [5.74, 6) is -0.197. The van der Waals surface area contributed by atoms with Crippen molar-refractivity contribution in [3.8, 4) is 28.6 Å². The molecule has 0 bridgehead atoms. The molecule has 1 aliphatic rings. The van der Waals surface area contributed by atoms with Gasteiger partial charge in [0.15, 0.2) is 11.5 Å². The number of fused-ring (bicyclic) bond motifs is 3. The lowest BCUT2D eigenvalue weighted by atomic mass is 10.0. The highest BCUT2D eigenvalue weighted by Crippen LogP contribution is 2.45. The Kier molecular flexibility index (Phi) is 7.27. The zero-order valence-electron chi connectivity index (χ0n) is 19.6. The van der Waals surface area contributed by atoms with Crippen molar-refractivity contribution in [1.29, 1.82) is 0 Å². The van der Waals surface area contributed by atoms with E-state index in [1.54, 1.807) is 36.4 Å². The second-order valence-electron chi connectivity index (χ2n) is 7.55. The largest absolute Gasteiger partial charge is 0.854 e. The number of anilines is 1. The SMILES string of the molecule is CCOc1cc(Br)cc(C2N(C(C)=O)c3ccccc3-c3c([O-])nc(SCC)n[n+]32)c1OC(C)=O. The molecule has 0 spiro atoms. The molecule has 1 aromatic heterocycles. The Labute approximate surface area is 215 Å². The quantitative estimate of drug-likeness (QED) is 0.195. The summed E-state index contributed by atoms with van der Waals surface area (Å²) in [7, 11) is 0. The summed E-state index contributed by atoms with van der Waals surface area (Å²) >= 11 is 4.81. The highest BCUT2D eigenvalue weighted by atomic mass is 79.9. The third-order valence-electron chi connectivity index (χ3n) is 5.20. The van der Waals surface area contributed by atoms with Gasteiger partial charge in [-0.3, -0.25) is 9.59 Å². The standard InChI is InChI=1S/C24H23BrN4O5S/c1-5-33-19-12-15(25)11-17(21(19)34-14(4)31)23-28(13(3)30)18-10-8-7-9-16(18)20-22(32)26-24(35-6-2)27-29(20)23/h7-12,23H,5-6H2,1-4H3. The highest BCUT2D eigenvalue weighted by molar-refractivity contribution is 9.10. The Balaban J connectivity index is 2.11. The minimum Gasteiger partial charge on any atom is -0.854 e. The molecule has 0 saturated carbocycles. The molecule has 11 heteroatoms. The number of carbonyl (C=O) groups is 2. The maximum absolute atomic E-state index is 13.3. The Morgan fingerprint density at radius 1 is 1.23 bits per heavy atom. The van der Waals surface area contributed by atoms with Crippen LogP contribution in [0.5, 0.6) is 17.4 Å². The number of amides is 1. The number of esters is 1. The molecule has 182 valence electrons. The number of aromatic nitrogens is 3. The molecule has 0 aliphatic carbocycles. The van der Waals surface area contributed by atoms with E-state index < -0.39 is 18.0 Å². The summed E-state index contributed by atoms with van der Waals surface area (Å²) in [5, 5.41) is 18.2. The minimum absolute atomic E-state index is 0.146. The van der Waals surface area contributed by atoms with E-state index in [-0.39, 0.29) is 22.5 Å². The van der Waals surface area contributed by atoms with Gasteiger partial charge in [-0.05, 0) is 36.9 Å². The predicted molar refractivity (Wildman–Crippen MR) is 131 cm³/mol. The molecule has 1 amide bonds. The van der Waals surface area contributed by atoms with E-state index >= 15 is 0 Å². The number of hydrogen-bond donors (Lipinski definition) is 0. The molecule has 0 radical (unpaired) electrons. The number of rotatable bonds is 6. The number of hydrogen-bond acceptors (Lipinski definition) is 8. The first-order valence-electron chi connectivity index (χ1n) is 10.9. The average Bonchev–Trinajstić information content (AvgIpc) is 2.79. The molecular formula is C24H23BrN4O5S. The van der Waals surface area contributed by atoms with E-state index in [1.807, 2.05) is 13.8 Å². The van der Waals surface area contributed by atoms with Gasteiger partial charge in [-0.2, -0.15) is 0 Å². The van der Waals surface area contributed by atoms with E-state index in [2.05, 4.69) is 26.0 Å². The summed E-state index contributed by atoms with van der Waals surface area (Å²) in [4.78, 5) is 30.9. The molecule has 1 atom stereocenters. The van der Waals surface area contributed by atoms with Gasteiger partial charge in [-0.25, -0.2) is 9.88 Å². The third kappa shape index (κ3) is 4.70. The van der Waals surface area contributed by atoms with E-state index in [0.29, 0.717) is 39.4 Å². The molecule has 0 N–H and O–H groups in total. The summed E-state index contributed by atoms with van der Waals surface area (Å²) in [6.45, 7) is 6.78. The van der Waals surface area contributed by atoms with Crippen LogP contribution in [0.2, 0.25) is 0 Å². The van der Waals surface area contributed by atoms with Crippen LogP contribution in [0.1, 0.15) is 39.4 Å². The molecule has 0 saturated heterocycles. The van der Waals surface area contributed by atoms with Crippen LogP contribution in [-0.4, -0.2) is 34.3 Å². The lowest BCUT2D eigenvalue weighted by Crippen LogP contribution is -2.59. The van der Waals surface area contributed by atoms with Crippen LogP contribution >= 0.6 is 27.7 Å². The number of para-hydroxylation sites is 1. The zero-order valence-corrected chi connectivity index (χ0v) is 22.0. The first-order valence-corrected chi connectivity index (χ1v) is 12.7. The van der Waals surface area contributed by atoms with Crippen LogP contribution in [0.25, 0.3) is 11.3 Å². The van der Waals surface area contributed by atoms with Crippen molar-refractivity contribution >= 4 is 45.3 Å². The predicted octanol–water partition coefficient (Wildman–Crippen LogP) is 3.62. The van der Waals surface area contributed by atoms with Crippen molar-refractivity contribution in [3.05, 3.63) is 46.4 Å². The van der Waals surface area contributed by atoms with E-state index in [0.717, 1.165) is 0 Å². The first-order chi connectivity index (χ1) is 16.8. The lowest BCUT2D eigenvalue weighted by molar-refractivity contribution is -0.764. The second kappa shape index (κ2) is 10.2. The highest BCUT2D eigenvalue weighted by Gasteiger charge is 2.46. The van der Waals surface area contributed by atoms with Gasteiger partial charge < -0.3 is 14.6 Å². The van der Waals surface area contributed by atoms with Crippen LogP contribution in [0.3, 0.4) is 0 Å². The van der Waals surface area contributed by atoms with Crippen molar-refractivity contribution in [2.24, 2.45) is 0 Å². The van der Waals surface area contributed by atoms with Crippen LogP contribution < -0.4 is 24.2 Å². The van der Waals surface area contributed by atoms with Crippen molar-refractivity contribution in [3.63, 3.8) is 0 Å². The van der Waals surface area contributed by atoms with Crippen molar-refractivity contribution < 1.29 is 28.9 Å². The lowest BCUT2D eigenvalue weighted by Gasteiger charge is -2.33. The summed E-state index contributed by atoms with van der Waals surface area (Å²) in [6.07, 6.45) is -0.949. The fourth-order valence-corrected chi connectivity index (χ4v) is 5.05. The maximum Gasteiger partial charge on any atom is 0.308 e. The van der Waals surface area contributed by atoms with Crippen LogP contribution in [0, 0.1) is 0 Å². The maximum atomic E-state index is 13.3. The third-order valence-corrected chi connectivity index (χ3v) is 6.38. The van der Waals surface area contributed by atoms with E-state index in [4.69, 9.17) is 9.47 Å². The fraction of sp³-hybridized carbons (Fsp3) is 0.292. The van der Waals surface area contributed by atoms with Crippen LogP contribution in [-0.2, 0) is 9.59 Å². The van der Waals surface area contributed by atoms with E-state index in [1.165, 1.54) is 35.2 Å². The smallest absolute Gasteiger partial charge is 0.308 e. The molecule has 2 heterocycles. The summed E-state index contributed by atoms with van der Waals surface area (Å²) in [5.41, 5.74) is 1.70. The Hall–Kier alpha value is -3.18. The molecule has 0 fully saturated rings. The van der Waals surface area contributed by atoms with Crippen molar-refractivity contribution in [1.82, 2.24) is 10.1 Å². The average molecular weight is 559 g/mol. The molecule has 4 rings (SSSR count). The van der Waals surface area contributed by atoms with Gasteiger partial charge in [0.05, 0.1) is 29.3 Å². The Morgan fingerprint density at radius 3 is 2.63 bits per heavy atom. The Morgan fingerprint density at radius 2 is 1.97 bits per heavy atom. The number of nitrogens with zero attached hydrogens (tertiary/aromatic N) is 4. The van der Waals surface area contributed by atoms with Crippen LogP contribution in [0.15, 0.2) is 46.0 Å². The molecule has 9 nitrogen and oxygen atoms in total. The monoisotopic (exact) mass is 558 g/mol. The van der Waals surface area contributed by atoms with Gasteiger partial charge in [-0.1, -0.05) is 51.4 Å². The number of thioether (sulfide) groups is 1. The molecule has 2 aromatic carbocycles. The van der Waals surface area contributed by atoms with Gasteiger partial charge in [0.1, 0.15) is 0 Å². The van der Waals surface area contributed by atoms with Gasteiger partial charge in [0.2, 0.25) is 5.91 Å². The fourth-order valence-electron chi connectivity index (χ4n) is 4.04. The number of ether oxygens (including phenoxy) is 2. The number of benzene rings is 2. The Bertz CT molecular complexity index is 1320. The molecule has 35 heavy (non-hydrogen) atoms. The van der Waals surface area contributed by atoms with Gasteiger partial charge in [0, 0.05) is 23.4 Å². The van der Waals surface area contributed by atoms with Crippen molar-refractivity contribution in [2.45, 2.75) is 39.0 Å². The topological polar surface area (TPSA) is 109 Å². The van der Waals surface area contributed by atoms with Gasteiger partial charge in [-0.15, -0.1) is 0 Å². The summed E-state index contributed by atoms with van der Waals surface area (Å²) < 4.78 is 13.5. The van der Waals surface area contributed by atoms with E-state index in [9.17, 15) is 14.7 Å². The van der Waals surface area contributed by atoms with Crippen LogP contribution in [0.4, 0.5) is 5.69 Å². The first kappa shape index (κ1) is 24.9. The number of carbonyl (C=O) groups excluding carboxylic acids is 2. The normalized spacial score (nSPS) is 14.2. The van der Waals surface area contributed by atoms with Gasteiger partial charge >= 0.3 is 5.97 Å². The number of halogens is 1. The van der Waals surface area contributed by atoms with Crippen molar-refractivity contribution in [2.75, 3.05) is 17.3 Å². The molecular weight excluding hydrogens is 536 g/mol. The molecule has 1 aliphatic heterocycles. The second-order valence-corrected chi connectivity index (χ2v) is 9.70. The van der Waals surface area contributed by atoms with Gasteiger partial charge in [0.25, 0.3) is 17.0 Å². The zero-order chi connectivity index (χ0) is 25.3. The minimum atomic E-state index is -0.949. The summed E-state index contributed by atoms with van der Waals surface area (Å²) in [6, 6.07) is 10.5. The molecule has 1 unspecified atom stereocenters. The molecule has 3 aromatic rings.